The molecule has 2 aromatic rings. The van der Waals surface area contributed by atoms with Gasteiger partial charge < -0.3 is 14.8 Å². The second-order valence-corrected chi connectivity index (χ2v) is 6.94. The highest BCUT2D eigenvalue weighted by atomic mass is 19.4. The van der Waals surface area contributed by atoms with Gasteiger partial charge >= 0.3 is 6.18 Å². The largest absolute Gasteiger partial charge is 0.457 e. The molecular formula is C21H24F4N2O3. The van der Waals surface area contributed by atoms with E-state index in [0.717, 1.165) is 6.42 Å². The molecule has 2 aromatic carbocycles. The first-order valence-electron chi connectivity index (χ1n) is 9.53. The maximum absolute atomic E-state index is 12.9. The van der Waals surface area contributed by atoms with Gasteiger partial charge in [0.2, 0.25) is 5.91 Å². The quantitative estimate of drug-likeness (QED) is 0.464. The van der Waals surface area contributed by atoms with Crippen LogP contribution in [0.1, 0.15) is 20.7 Å². The zero-order valence-corrected chi connectivity index (χ0v) is 16.1. The molecule has 1 heterocycles. The molecule has 0 bridgehead atoms. The molecule has 1 amide bonds. The van der Waals surface area contributed by atoms with Crippen LogP contribution in [0.15, 0.2) is 48.5 Å². The Morgan fingerprint density at radius 1 is 1.10 bits per heavy atom. The van der Waals surface area contributed by atoms with E-state index in [-0.39, 0.29) is 19.9 Å². The standard InChI is InChI=1S/C21H22F4N2O3.H2/c22-15-3-7-17(8-4-15)30-18-9-5-16(6-10-18)26-20(28)19-2-1-12-27(19)14-29-13-11-21(23,24)25;/h3-10,19H,1-2,11-14H2,(H,26,28);1H/t19-;/m0./s1. The Bertz CT molecular complexity index is 832. The van der Waals surface area contributed by atoms with Crippen molar-refractivity contribution in [3.8, 4) is 11.5 Å². The molecule has 0 aromatic heterocycles. The first-order chi connectivity index (χ1) is 14.3. The summed E-state index contributed by atoms with van der Waals surface area (Å²) in [6.45, 7) is 0.150. The monoisotopic (exact) mass is 428 g/mol. The Labute approximate surface area is 173 Å². The van der Waals surface area contributed by atoms with E-state index in [1.54, 1.807) is 29.2 Å². The fourth-order valence-corrected chi connectivity index (χ4v) is 3.12. The van der Waals surface area contributed by atoms with E-state index in [2.05, 4.69) is 5.32 Å². The predicted molar refractivity (Wildman–Crippen MR) is 105 cm³/mol. The summed E-state index contributed by atoms with van der Waals surface area (Å²) in [5, 5.41) is 2.81. The molecule has 30 heavy (non-hydrogen) atoms. The van der Waals surface area contributed by atoms with Gasteiger partial charge in [-0.1, -0.05) is 0 Å². The van der Waals surface area contributed by atoms with Gasteiger partial charge in [0.05, 0.1) is 25.8 Å². The van der Waals surface area contributed by atoms with Gasteiger partial charge in [-0.15, -0.1) is 0 Å². The van der Waals surface area contributed by atoms with Gasteiger partial charge in [0.1, 0.15) is 17.3 Å². The van der Waals surface area contributed by atoms with Crippen LogP contribution < -0.4 is 10.1 Å². The summed E-state index contributed by atoms with van der Waals surface area (Å²) in [6, 6.07) is 11.9. The molecule has 0 radical (unpaired) electrons. The number of likely N-dealkylation sites (tertiary alicyclic amines) is 1. The van der Waals surface area contributed by atoms with E-state index >= 15 is 0 Å². The fraction of sp³-hybridized carbons (Fsp3) is 0.381. The van der Waals surface area contributed by atoms with E-state index in [1.807, 2.05) is 0 Å². The van der Waals surface area contributed by atoms with E-state index in [4.69, 9.17) is 9.47 Å². The third-order valence-corrected chi connectivity index (χ3v) is 4.62. The lowest BCUT2D eigenvalue weighted by atomic mass is 10.2. The molecule has 164 valence electrons. The fourth-order valence-electron chi connectivity index (χ4n) is 3.12. The average Bonchev–Trinajstić information content (AvgIpc) is 3.16. The molecule has 1 saturated heterocycles. The smallest absolute Gasteiger partial charge is 0.391 e. The Hall–Kier alpha value is -2.65. The maximum atomic E-state index is 12.9. The summed E-state index contributed by atoms with van der Waals surface area (Å²) in [6.07, 6.45) is -3.89. The van der Waals surface area contributed by atoms with Crippen molar-refractivity contribution in [2.75, 3.05) is 25.2 Å². The molecule has 1 fully saturated rings. The van der Waals surface area contributed by atoms with Crippen molar-refractivity contribution < 1.29 is 33.3 Å². The van der Waals surface area contributed by atoms with Gasteiger partial charge in [0.25, 0.3) is 0 Å². The number of ether oxygens (including phenoxy) is 2. The molecule has 0 unspecified atom stereocenters. The Morgan fingerprint density at radius 3 is 2.37 bits per heavy atom. The van der Waals surface area contributed by atoms with Crippen molar-refractivity contribution in [2.45, 2.75) is 31.5 Å². The minimum atomic E-state index is -4.26. The highest BCUT2D eigenvalue weighted by Gasteiger charge is 2.31. The number of carbonyl (C=O) groups excluding carboxylic acids is 1. The van der Waals surface area contributed by atoms with Crippen LogP contribution in [-0.2, 0) is 9.53 Å². The summed E-state index contributed by atoms with van der Waals surface area (Å²) in [4.78, 5) is 14.3. The number of anilines is 1. The van der Waals surface area contributed by atoms with Crippen molar-refractivity contribution in [2.24, 2.45) is 0 Å². The highest BCUT2D eigenvalue weighted by Crippen LogP contribution is 2.25. The van der Waals surface area contributed by atoms with Gasteiger partial charge in [-0.2, -0.15) is 13.2 Å². The van der Waals surface area contributed by atoms with Gasteiger partial charge in [0.15, 0.2) is 0 Å². The lowest BCUT2D eigenvalue weighted by molar-refractivity contribution is -0.149. The molecule has 5 nitrogen and oxygen atoms in total. The predicted octanol–water partition coefficient (Wildman–Crippen LogP) is 5.19. The van der Waals surface area contributed by atoms with Gasteiger partial charge in [-0.3, -0.25) is 9.69 Å². The van der Waals surface area contributed by atoms with Gasteiger partial charge in [-0.25, -0.2) is 4.39 Å². The molecule has 0 aliphatic carbocycles. The molecule has 1 aliphatic heterocycles. The van der Waals surface area contributed by atoms with Gasteiger partial charge in [0, 0.05) is 13.7 Å². The number of benzene rings is 2. The number of rotatable bonds is 8. The number of alkyl halides is 3. The first kappa shape index (κ1) is 22.0. The maximum Gasteiger partial charge on any atom is 0.391 e. The molecular weight excluding hydrogens is 404 g/mol. The highest BCUT2D eigenvalue weighted by molar-refractivity contribution is 5.95. The van der Waals surface area contributed by atoms with Crippen LogP contribution in [0.5, 0.6) is 11.5 Å². The van der Waals surface area contributed by atoms with Crippen LogP contribution in [0.4, 0.5) is 23.2 Å². The summed E-state index contributed by atoms with van der Waals surface area (Å²) in [5.74, 6) is 0.423. The zero-order valence-electron chi connectivity index (χ0n) is 16.1. The molecule has 3 rings (SSSR count). The Kier molecular flexibility index (Phi) is 7.28. The van der Waals surface area contributed by atoms with E-state index in [9.17, 15) is 22.4 Å². The molecule has 0 spiro atoms. The Morgan fingerprint density at radius 2 is 1.73 bits per heavy atom. The lowest BCUT2D eigenvalue weighted by Gasteiger charge is -2.23. The average molecular weight is 428 g/mol. The number of hydrogen-bond donors (Lipinski definition) is 1. The summed E-state index contributed by atoms with van der Waals surface area (Å²) in [5.41, 5.74) is 0.566. The van der Waals surface area contributed by atoms with Crippen molar-refractivity contribution in [1.29, 1.82) is 0 Å². The molecule has 1 aliphatic rings. The molecule has 9 heteroatoms. The lowest BCUT2D eigenvalue weighted by Crippen LogP contribution is -2.41. The number of carbonyl (C=O) groups is 1. The van der Waals surface area contributed by atoms with E-state index in [0.29, 0.717) is 30.2 Å². The van der Waals surface area contributed by atoms with E-state index < -0.39 is 25.2 Å². The van der Waals surface area contributed by atoms with Crippen LogP contribution in [0, 0.1) is 5.82 Å². The van der Waals surface area contributed by atoms with Crippen molar-refractivity contribution in [3.05, 3.63) is 54.3 Å². The number of nitrogens with one attached hydrogen (secondary N) is 1. The minimum absolute atomic E-state index is 0. The van der Waals surface area contributed by atoms with Crippen LogP contribution in [0.2, 0.25) is 0 Å². The first-order valence-corrected chi connectivity index (χ1v) is 9.53. The van der Waals surface area contributed by atoms with Crippen LogP contribution in [0.25, 0.3) is 0 Å². The van der Waals surface area contributed by atoms with Crippen molar-refractivity contribution in [3.63, 3.8) is 0 Å². The SMILES string of the molecule is O=C(Nc1ccc(Oc2ccc(F)cc2)cc1)[C@@H]1CCCN1COCCC(F)(F)F.[HH]. The summed E-state index contributed by atoms with van der Waals surface area (Å²) in [7, 11) is 0. The van der Waals surface area contributed by atoms with Crippen LogP contribution >= 0.6 is 0 Å². The summed E-state index contributed by atoms with van der Waals surface area (Å²) >= 11 is 0. The second-order valence-electron chi connectivity index (χ2n) is 6.94. The molecule has 0 saturated carbocycles. The van der Waals surface area contributed by atoms with E-state index in [1.165, 1.54) is 24.3 Å². The third-order valence-electron chi connectivity index (χ3n) is 4.62. The molecule has 1 N–H and O–H groups in total. The summed E-state index contributed by atoms with van der Waals surface area (Å²) < 4.78 is 60.2. The van der Waals surface area contributed by atoms with Crippen LogP contribution in [-0.4, -0.2) is 42.9 Å². The van der Waals surface area contributed by atoms with Crippen molar-refractivity contribution >= 4 is 11.6 Å². The second kappa shape index (κ2) is 9.90. The third kappa shape index (κ3) is 6.70. The minimum Gasteiger partial charge on any atom is -0.457 e. The number of hydrogen-bond acceptors (Lipinski definition) is 4. The zero-order chi connectivity index (χ0) is 21.6. The number of nitrogens with zero attached hydrogens (tertiary/aromatic N) is 1. The molecule has 1 atom stereocenters. The normalized spacial score (nSPS) is 17.1. The van der Waals surface area contributed by atoms with Crippen molar-refractivity contribution in [1.82, 2.24) is 4.90 Å². The van der Waals surface area contributed by atoms with Gasteiger partial charge in [-0.05, 0) is 61.4 Å². The topological polar surface area (TPSA) is 50.8 Å². The Balaban J connectivity index is 0.00000341. The van der Waals surface area contributed by atoms with Crippen LogP contribution in [0.3, 0.4) is 0 Å². The number of halogens is 4. The number of amides is 1.